The van der Waals surface area contributed by atoms with Gasteiger partial charge in [-0.3, -0.25) is 14.2 Å². The maximum absolute atomic E-state index is 13.1. The predicted molar refractivity (Wildman–Crippen MR) is 101 cm³/mol. The standard InChI is InChI=1S/C21H21N3O2/c1-15-21(26)24(19-11-6-5-10-17(19)22-15)14-20(25)23-13-7-12-18(23)16-8-3-2-4-9-16/h2-6,8-11,18H,7,12-14H2,1H3/t18-/m0/s1. The van der Waals surface area contributed by atoms with E-state index in [2.05, 4.69) is 17.1 Å². The van der Waals surface area contributed by atoms with Gasteiger partial charge in [-0.2, -0.15) is 0 Å². The summed E-state index contributed by atoms with van der Waals surface area (Å²) in [6.07, 6.45) is 1.94. The molecule has 132 valence electrons. The van der Waals surface area contributed by atoms with Gasteiger partial charge in [0.2, 0.25) is 5.91 Å². The molecule has 3 aromatic rings. The number of carbonyl (C=O) groups excluding carboxylic acids is 1. The third kappa shape index (κ3) is 2.90. The highest BCUT2D eigenvalue weighted by Crippen LogP contribution is 2.32. The lowest BCUT2D eigenvalue weighted by atomic mass is 10.0. The molecule has 0 aliphatic carbocycles. The SMILES string of the molecule is Cc1nc2ccccc2n(CC(=O)N2CCC[C@H]2c2ccccc2)c1=O. The van der Waals surface area contributed by atoms with Crippen LogP contribution in [0.5, 0.6) is 0 Å². The third-order valence-electron chi connectivity index (χ3n) is 5.07. The molecule has 0 radical (unpaired) electrons. The first-order chi connectivity index (χ1) is 12.6. The number of amides is 1. The summed E-state index contributed by atoms with van der Waals surface area (Å²) in [4.78, 5) is 31.9. The van der Waals surface area contributed by atoms with Crippen molar-refractivity contribution < 1.29 is 4.79 Å². The molecular weight excluding hydrogens is 326 g/mol. The highest BCUT2D eigenvalue weighted by Gasteiger charge is 2.30. The second-order valence-electron chi connectivity index (χ2n) is 6.73. The highest BCUT2D eigenvalue weighted by molar-refractivity contribution is 5.80. The Morgan fingerprint density at radius 1 is 1.12 bits per heavy atom. The molecule has 0 bridgehead atoms. The molecule has 1 amide bonds. The average Bonchev–Trinajstić information content (AvgIpc) is 3.16. The van der Waals surface area contributed by atoms with E-state index in [9.17, 15) is 9.59 Å². The average molecular weight is 347 g/mol. The number of fused-ring (bicyclic) bond motifs is 1. The van der Waals surface area contributed by atoms with Crippen LogP contribution in [0.2, 0.25) is 0 Å². The van der Waals surface area contributed by atoms with Gasteiger partial charge in [0.15, 0.2) is 0 Å². The van der Waals surface area contributed by atoms with E-state index in [0.717, 1.165) is 30.5 Å². The number of aryl methyl sites for hydroxylation is 1. The molecule has 0 unspecified atom stereocenters. The second kappa shape index (κ2) is 6.75. The smallest absolute Gasteiger partial charge is 0.272 e. The Hall–Kier alpha value is -2.95. The zero-order valence-electron chi connectivity index (χ0n) is 14.8. The van der Waals surface area contributed by atoms with Crippen LogP contribution in [0.1, 0.15) is 30.1 Å². The third-order valence-corrected chi connectivity index (χ3v) is 5.07. The Morgan fingerprint density at radius 2 is 1.85 bits per heavy atom. The highest BCUT2D eigenvalue weighted by atomic mass is 16.2. The first-order valence-electron chi connectivity index (χ1n) is 8.96. The number of hydrogen-bond acceptors (Lipinski definition) is 3. The lowest BCUT2D eigenvalue weighted by Gasteiger charge is -2.26. The van der Waals surface area contributed by atoms with Crippen molar-refractivity contribution in [2.24, 2.45) is 0 Å². The summed E-state index contributed by atoms with van der Waals surface area (Å²) in [5.74, 6) is -0.0193. The molecule has 2 aromatic carbocycles. The fraction of sp³-hybridized carbons (Fsp3) is 0.286. The number of rotatable bonds is 3. The van der Waals surface area contributed by atoms with Gasteiger partial charge < -0.3 is 4.90 Å². The van der Waals surface area contributed by atoms with Gasteiger partial charge in [-0.05, 0) is 37.5 Å². The summed E-state index contributed by atoms with van der Waals surface area (Å²) in [5.41, 5.74) is 2.80. The molecule has 0 spiro atoms. The molecule has 1 fully saturated rings. The predicted octanol–water partition coefficient (Wildman–Crippen LogP) is 3.07. The van der Waals surface area contributed by atoms with Gasteiger partial charge in [0.25, 0.3) is 5.56 Å². The molecule has 5 heteroatoms. The Kier molecular flexibility index (Phi) is 4.29. The van der Waals surface area contributed by atoms with E-state index in [-0.39, 0.29) is 24.1 Å². The van der Waals surface area contributed by atoms with Gasteiger partial charge in [0.1, 0.15) is 12.2 Å². The van der Waals surface area contributed by atoms with Gasteiger partial charge >= 0.3 is 0 Å². The Labute approximate surface area is 151 Å². The van der Waals surface area contributed by atoms with Gasteiger partial charge in [-0.1, -0.05) is 42.5 Å². The quantitative estimate of drug-likeness (QED) is 0.732. The van der Waals surface area contributed by atoms with Crippen molar-refractivity contribution in [3.63, 3.8) is 0 Å². The van der Waals surface area contributed by atoms with Gasteiger partial charge in [0.05, 0.1) is 17.1 Å². The normalized spacial score (nSPS) is 17.0. The van der Waals surface area contributed by atoms with Gasteiger partial charge in [-0.15, -0.1) is 0 Å². The van der Waals surface area contributed by atoms with E-state index in [1.165, 1.54) is 0 Å². The molecule has 4 rings (SSSR count). The van der Waals surface area contributed by atoms with Crippen LogP contribution in [0.3, 0.4) is 0 Å². The first kappa shape index (κ1) is 16.5. The van der Waals surface area contributed by atoms with Crippen LogP contribution < -0.4 is 5.56 Å². The second-order valence-corrected chi connectivity index (χ2v) is 6.73. The van der Waals surface area contributed by atoms with E-state index in [1.807, 2.05) is 47.4 Å². The van der Waals surface area contributed by atoms with Gasteiger partial charge in [-0.25, -0.2) is 4.98 Å². The molecule has 2 heterocycles. The zero-order chi connectivity index (χ0) is 18.1. The summed E-state index contributed by atoms with van der Waals surface area (Å²) in [7, 11) is 0. The first-order valence-corrected chi connectivity index (χ1v) is 8.96. The van der Waals surface area contributed by atoms with Crippen LogP contribution in [0.4, 0.5) is 0 Å². The number of nitrogens with zero attached hydrogens (tertiary/aromatic N) is 3. The fourth-order valence-corrected chi connectivity index (χ4v) is 3.79. The molecule has 0 saturated carbocycles. The number of likely N-dealkylation sites (tertiary alicyclic amines) is 1. The molecule has 1 atom stereocenters. The van der Waals surface area contributed by atoms with E-state index < -0.39 is 0 Å². The molecule has 26 heavy (non-hydrogen) atoms. The van der Waals surface area contributed by atoms with Crippen LogP contribution in [0.15, 0.2) is 59.4 Å². The van der Waals surface area contributed by atoms with E-state index >= 15 is 0 Å². The summed E-state index contributed by atoms with van der Waals surface area (Å²) in [6.45, 7) is 2.47. The minimum absolute atomic E-state index is 0.0193. The van der Waals surface area contributed by atoms with Crippen LogP contribution in [0, 0.1) is 6.92 Å². The summed E-state index contributed by atoms with van der Waals surface area (Å²) >= 11 is 0. The molecule has 5 nitrogen and oxygen atoms in total. The number of carbonyl (C=O) groups is 1. The lowest BCUT2D eigenvalue weighted by molar-refractivity contribution is -0.132. The number of aromatic nitrogens is 2. The topological polar surface area (TPSA) is 55.2 Å². The molecule has 1 aliphatic rings. The molecular formula is C21H21N3O2. The monoisotopic (exact) mass is 347 g/mol. The number of benzene rings is 2. The summed E-state index contributed by atoms with van der Waals surface area (Å²) < 4.78 is 1.56. The van der Waals surface area contributed by atoms with Crippen molar-refractivity contribution >= 4 is 16.9 Å². The minimum atomic E-state index is -0.201. The zero-order valence-corrected chi connectivity index (χ0v) is 14.8. The fourth-order valence-electron chi connectivity index (χ4n) is 3.79. The number of hydrogen-bond donors (Lipinski definition) is 0. The van der Waals surface area contributed by atoms with Crippen molar-refractivity contribution in [2.75, 3.05) is 6.54 Å². The van der Waals surface area contributed by atoms with Crippen LogP contribution >= 0.6 is 0 Å². The van der Waals surface area contributed by atoms with Crippen molar-refractivity contribution in [2.45, 2.75) is 32.4 Å². The van der Waals surface area contributed by atoms with E-state index in [4.69, 9.17) is 0 Å². The van der Waals surface area contributed by atoms with Crippen molar-refractivity contribution in [3.8, 4) is 0 Å². The van der Waals surface area contributed by atoms with Crippen LogP contribution in [-0.4, -0.2) is 26.9 Å². The van der Waals surface area contributed by atoms with Crippen molar-refractivity contribution in [3.05, 3.63) is 76.2 Å². The van der Waals surface area contributed by atoms with E-state index in [1.54, 1.807) is 11.5 Å². The lowest BCUT2D eigenvalue weighted by Crippen LogP contribution is -2.37. The molecule has 1 aliphatic heterocycles. The van der Waals surface area contributed by atoms with Crippen molar-refractivity contribution in [1.82, 2.24) is 14.5 Å². The molecule has 1 aromatic heterocycles. The van der Waals surface area contributed by atoms with Crippen LogP contribution in [-0.2, 0) is 11.3 Å². The largest absolute Gasteiger partial charge is 0.334 e. The van der Waals surface area contributed by atoms with Crippen LogP contribution in [0.25, 0.3) is 11.0 Å². The molecule has 0 N–H and O–H groups in total. The molecule has 1 saturated heterocycles. The summed E-state index contributed by atoms with van der Waals surface area (Å²) in [5, 5.41) is 0. The maximum atomic E-state index is 13.1. The Morgan fingerprint density at radius 3 is 2.65 bits per heavy atom. The van der Waals surface area contributed by atoms with Crippen molar-refractivity contribution in [1.29, 1.82) is 0 Å². The Bertz CT molecular complexity index is 1010. The van der Waals surface area contributed by atoms with E-state index in [0.29, 0.717) is 11.2 Å². The minimum Gasteiger partial charge on any atom is -0.334 e. The number of para-hydroxylation sites is 2. The summed E-state index contributed by atoms with van der Waals surface area (Å²) in [6, 6.07) is 17.7. The van der Waals surface area contributed by atoms with Gasteiger partial charge in [0, 0.05) is 6.54 Å². The maximum Gasteiger partial charge on any atom is 0.272 e. The Balaban J connectivity index is 1.68.